The van der Waals surface area contributed by atoms with Gasteiger partial charge in [0, 0.05) is 5.56 Å². The van der Waals surface area contributed by atoms with Gasteiger partial charge in [0.2, 0.25) is 0 Å². The molecule has 0 atom stereocenters. The van der Waals surface area contributed by atoms with Crippen LogP contribution in [0.2, 0.25) is 5.02 Å². The molecule has 1 aromatic carbocycles. The number of benzene rings is 1. The molecular weight excluding hydrogens is 304 g/mol. The van der Waals surface area contributed by atoms with Gasteiger partial charge in [-0.05, 0) is 47.9 Å². The van der Waals surface area contributed by atoms with Crippen molar-refractivity contribution >= 4 is 34.8 Å². The Hall–Kier alpha value is -2.10. The number of carbonyl (C=O) groups excluding carboxylic acids is 1. The highest BCUT2D eigenvalue weighted by molar-refractivity contribution is 7.12. The Morgan fingerprint density at radius 3 is 2.71 bits per heavy atom. The maximum atomic E-state index is 11.9. The third-order valence-electron chi connectivity index (χ3n) is 2.93. The Morgan fingerprint density at radius 2 is 1.95 bits per heavy atom. The number of furan rings is 1. The Labute approximate surface area is 131 Å². The summed E-state index contributed by atoms with van der Waals surface area (Å²) in [5.41, 5.74) is 0.836. The number of carbonyl (C=O) groups is 1. The fourth-order valence-electron chi connectivity index (χ4n) is 1.91. The van der Waals surface area contributed by atoms with Crippen molar-refractivity contribution in [3.05, 3.63) is 75.6 Å². The normalized spacial score (nSPS) is 11.1. The third kappa shape index (κ3) is 3.15. The van der Waals surface area contributed by atoms with E-state index in [0.29, 0.717) is 21.4 Å². The fraction of sp³-hybridized carbons (Fsp3) is 0. The molecule has 0 saturated heterocycles. The van der Waals surface area contributed by atoms with E-state index in [-0.39, 0.29) is 5.78 Å². The van der Waals surface area contributed by atoms with Gasteiger partial charge in [0.05, 0.1) is 9.90 Å². The Morgan fingerprint density at radius 1 is 1.10 bits per heavy atom. The molecule has 0 unspecified atom stereocenters. The lowest BCUT2D eigenvalue weighted by molar-refractivity contribution is 0.105. The average molecular weight is 315 g/mol. The summed E-state index contributed by atoms with van der Waals surface area (Å²) in [5, 5.41) is 2.51. The van der Waals surface area contributed by atoms with Crippen molar-refractivity contribution in [1.82, 2.24) is 0 Å². The lowest BCUT2D eigenvalue weighted by Gasteiger charge is -1.98. The topological polar surface area (TPSA) is 30.2 Å². The predicted octanol–water partition coefficient (Wildman–Crippen LogP) is 5.56. The van der Waals surface area contributed by atoms with Crippen LogP contribution in [0.15, 0.2) is 64.4 Å². The largest absolute Gasteiger partial charge is 0.457 e. The minimum atomic E-state index is -0.0271. The summed E-state index contributed by atoms with van der Waals surface area (Å²) in [6, 6.07) is 14.8. The van der Waals surface area contributed by atoms with Crippen LogP contribution in [0.1, 0.15) is 15.4 Å². The molecule has 3 rings (SSSR count). The van der Waals surface area contributed by atoms with Crippen molar-refractivity contribution in [2.24, 2.45) is 0 Å². The maximum Gasteiger partial charge on any atom is 0.195 e. The van der Waals surface area contributed by atoms with E-state index in [4.69, 9.17) is 16.0 Å². The van der Waals surface area contributed by atoms with Crippen LogP contribution in [0.3, 0.4) is 0 Å². The second-order valence-corrected chi connectivity index (χ2v) is 5.71. The van der Waals surface area contributed by atoms with E-state index in [9.17, 15) is 4.79 Å². The zero-order valence-electron chi connectivity index (χ0n) is 11.0. The van der Waals surface area contributed by atoms with Gasteiger partial charge in [0.1, 0.15) is 11.5 Å². The summed E-state index contributed by atoms with van der Waals surface area (Å²) in [7, 11) is 0. The van der Waals surface area contributed by atoms with E-state index in [1.807, 2.05) is 47.8 Å². The SMILES string of the molecule is O=C(C=Cc1ccc(-c2ccccc2Cl)o1)c1cccs1. The molecule has 0 N–H and O–H groups in total. The standard InChI is InChI=1S/C17H11ClO2S/c18-14-5-2-1-4-13(14)16-10-8-12(20-16)7-9-15(19)17-6-3-11-21-17/h1-11H. The van der Waals surface area contributed by atoms with E-state index in [1.54, 1.807) is 12.1 Å². The number of rotatable bonds is 4. The Kier molecular flexibility index (Phi) is 4.04. The van der Waals surface area contributed by atoms with E-state index in [2.05, 4.69) is 0 Å². The first kappa shape index (κ1) is 13.9. The van der Waals surface area contributed by atoms with Gasteiger partial charge in [-0.15, -0.1) is 11.3 Å². The molecular formula is C17H11ClO2S. The van der Waals surface area contributed by atoms with Crippen LogP contribution in [0.5, 0.6) is 0 Å². The molecule has 0 radical (unpaired) electrons. The van der Waals surface area contributed by atoms with Crippen LogP contribution < -0.4 is 0 Å². The minimum Gasteiger partial charge on any atom is -0.457 e. The predicted molar refractivity (Wildman–Crippen MR) is 86.8 cm³/mol. The fourth-order valence-corrected chi connectivity index (χ4v) is 2.78. The number of allylic oxidation sites excluding steroid dienone is 1. The van der Waals surface area contributed by atoms with Crippen molar-refractivity contribution in [1.29, 1.82) is 0 Å². The van der Waals surface area contributed by atoms with E-state index in [1.165, 1.54) is 17.4 Å². The lowest BCUT2D eigenvalue weighted by atomic mass is 10.2. The zero-order valence-corrected chi connectivity index (χ0v) is 12.5. The second-order valence-electron chi connectivity index (χ2n) is 4.36. The van der Waals surface area contributed by atoms with E-state index in [0.717, 1.165) is 5.56 Å². The molecule has 0 saturated carbocycles. The third-order valence-corrected chi connectivity index (χ3v) is 4.14. The van der Waals surface area contributed by atoms with Crippen LogP contribution in [0, 0.1) is 0 Å². The molecule has 0 aliphatic heterocycles. The first-order chi connectivity index (χ1) is 10.2. The van der Waals surface area contributed by atoms with Crippen molar-refractivity contribution in [3.63, 3.8) is 0 Å². The number of hydrogen-bond acceptors (Lipinski definition) is 3. The zero-order chi connectivity index (χ0) is 14.7. The summed E-state index contributed by atoms with van der Waals surface area (Å²) >= 11 is 7.55. The molecule has 2 heterocycles. The number of ketones is 1. The molecule has 2 aromatic heterocycles. The number of halogens is 1. The molecule has 0 aliphatic rings. The molecule has 4 heteroatoms. The molecule has 0 amide bonds. The van der Waals surface area contributed by atoms with Crippen molar-refractivity contribution in [2.75, 3.05) is 0 Å². The highest BCUT2D eigenvalue weighted by Gasteiger charge is 2.07. The van der Waals surface area contributed by atoms with Crippen molar-refractivity contribution in [2.45, 2.75) is 0 Å². The van der Waals surface area contributed by atoms with E-state index < -0.39 is 0 Å². The average Bonchev–Trinajstić information content (AvgIpc) is 3.17. The van der Waals surface area contributed by atoms with Crippen LogP contribution in [-0.2, 0) is 0 Å². The van der Waals surface area contributed by atoms with Gasteiger partial charge in [-0.1, -0.05) is 29.8 Å². The summed E-state index contributed by atoms with van der Waals surface area (Å²) in [4.78, 5) is 12.6. The van der Waals surface area contributed by atoms with Gasteiger partial charge >= 0.3 is 0 Å². The summed E-state index contributed by atoms with van der Waals surface area (Å²) in [6.07, 6.45) is 3.18. The first-order valence-electron chi connectivity index (χ1n) is 6.35. The molecule has 2 nitrogen and oxygen atoms in total. The van der Waals surface area contributed by atoms with Gasteiger partial charge < -0.3 is 4.42 Å². The van der Waals surface area contributed by atoms with Crippen LogP contribution in [0.4, 0.5) is 0 Å². The smallest absolute Gasteiger partial charge is 0.195 e. The van der Waals surface area contributed by atoms with Gasteiger partial charge in [-0.3, -0.25) is 4.79 Å². The summed E-state index contributed by atoms with van der Waals surface area (Å²) in [6.45, 7) is 0. The van der Waals surface area contributed by atoms with Gasteiger partial charge in [-0.25, -0.2) is 0 Å². The van der Waals surface area contributed by atoms with Gasteiger partial charge in [0.15, 0.2) is 5.78 Å². The minimum absolute atomic E-state index is 0.0271. The maximum absolute atomic E-state index is 11.9. The van der Waals surface area contributed by atoms with Gasteiger partial charge in [-0.2, -0.15) is 0 Å². The van der Waals surface area contributed by atoms with Crippen molar-refractivity contribution in [3.8, 4) is 11.3 Å². The summed E-state index contributed by atoms with van der Waals surface area (Å²) < 4.78 is 5.70. The van der Waals surface area contributed by atoms with Crippen molar-refractivity contribution < 1.29 is 9.21 Å². The van der Waals surface area contributed by atoms with E-state index >= 15 is 0 Å². The Balaban J connectivity index is 1.80. The monoisotopic (exact) mass is 314 g/mol. The molecule has 0 spiro atoms. The Bertz CT molecular complexity index is 785. The van der Waals surface area contributed by atoms with Gasteiger partial charge in [0.25, 0.3) is 0 Å². The van der Waals surface area contributed by atoms with Crippen LogP contribution in [0.25, 0.3) is 17.4 Å². The summed E-state index contributed by atoms with van der Waals surface area (Å²) in [5.74, 6) is 1.28. The second kappa shape index (κ2) is 6.12. The lowest BCUT2D eigenvalue weighted by Crippen LogP contribution is -1.88. The quantitative estimate of drug-likeness (QED) is 0.466. The molecule has 3 aromatic rings. The highest BCUT2D eigenvalue weighted by Crippen LogP contribution is 2.29. The molecule has 104 valence electrons. The first-order valence-corrected chi connectivity index (χ1v) is 7.60. The molecule has 21 heavy (non-hydrogen) atoms. The van der Waals surface area contributed by atoms with Crippen LogP contribution >= 0.6 is 22.9 Å². The number of thiophene rings is 1. The number of hydrogen-bond donors (Lipinski definition) is 0. The molecule has 0 fully saturated rings. The highest BCUT2D eigenvalue weighted by atomic mass is 35.5. The molecule has 0 bridgehead atoms. The van der Waals surface area contributed by atoms with Crippen LogP contribution in [-0.4, -0.2) is 5.78 Å². The molecule has 0 aliphatic carbocycles.